The molecule has 18 heavy (non-hydrogen) atoms. The highest BCUT2D eigenvalue weighted by Crippen LogP contribution is 2.20. The van der Waals surface area contributed by atoms with Gasteiger partial charge in [-0.25, -0.2) is 4.79 Å². The molecule has 2 aromatic rings. The van der Waals surface area contributed by atoms with E-state index in [-0.39, 0.29) is 5.76 Å². The molecule has 0 spiro atoms. The first-order valence-electron chi connectivity index (χ1n) is 5.33. The number of hydrogen-bond donors (Lipinski definition) is 1. The topological polar surface area (TPSA) is 68.3 Å². The van der Waals surface area contributed by atoms with Gasteiger partial charge < -0.3 is 4.74 Å². The van der Waals surface area contributed by atoms with Crippen LogP contribution in [-0.2, 0) is 9.53 Å². The van der Waals surface area contributed by atoms with Crippen molar-refractivity contribution in [1.29, 1.82) is 0 Å². The van der Waals surface area contributed by atoms with Crippen molar-refractivity contribution in [3.05, 3.63) is 47.9 Å². The second-order valence-electron chi connectivity index (χ2n) is 3.77. The van der Waals surface area contributed by atoms with E-state index in [0.29, 0.717) is 0 Å². The van der Waals surface area contributed by atoms with Crippen molar-refractivity contribution in [2.45, 2.75) is 0 Å². The van der Waals surface area contributed by atoms with Crippen LogP contribution in [0.2, 0.25) is 0 Å². The van der Waals surface area contributed by atoms with Crippen LogP contribution in [0.3, 0.4) is 0 Å². The number of carbonyl (C=O) groups is 2. The number of alkyl carbamates (subject to hydrolysis) is 1. The van der Waals surface area contributed by atoms with Gasteiger partial charge in [0.25, 0.3) is 5.91 Å². The van der Waals surface area contributed by atoms with Crippen LogP contribution in [-0.4, -0.2) is 17.0 Å². The number of ether oxygens (including phenoxy) is 1. The smallest absolute Gasteiger partial charge is 0.404 e. The largest absolute Gasteiger partial charge is 0.419 e. The third-order valence-electron chi connectivity index (χ3n) is 2.61. The highest BCUT2D eigenvalue weighted by atomic mass is 16.6. The summed E-state index contributed by atoms with van der Waals surface area (Å²) in [5.74, 6) is -0.530. The van der Waals surface area contributed by atoms with Gasteiger partial charge in [-0.1, -0.05) is 18.2 Å². The third-order valence-corrected chi connectivity index (χ3v) is 2.61. The molecular formula is C13H8N2O3. The van der Waals surface area contributed by atoms with E-state index in [1.165, 1.54) is 6.08 Å². The van der Waals surface area contributed by atoms with Crippen LogP contribution in [0, 0.1) is 0 Å². The quantitative estimate of drug-likeness (QED) is 0.772. The molecule has 1 aromatic heterocycles. The van der Waals surface area contributed by atoms with E-state index in [2.05, 4.69) is 10.3 Å². The Morgan fingerprint density at radius 2 is 2.00 bits per heavy atom. The van der Waals surface area contributed by atoms with Crippen LogP contribution in [0.15, 0.2) is 42.3 Å². The molecule has 0 unspecified atom stereocenters. The highest BCUT2D eigenvalue weighted by molar-refractivity contribution is 6.10. The second kappa shape index (κ2) is 3.96. The van der Waals surface area contributed by atoms with Gasteiger partial charge in [0.1, 0.15) is 0 Å². The number of imide groups is 1. The van der Waals surface area contributed by atoms with E-state index in [1.807, 2.05) is 24.3 Å². The Bertz CT molecular complexity index is 686. The van der Waals surface area contributed by atoms with E-state index in [0.717, 1.165) is 16.5 Å². The summed E-state index contributed by atoms with van der Waals surface area (Å²) in [6.07, 6.45) is 2.43. The van der Waals surface area contributed by atoms with E-state index in [4.69, 9.17) is 4.74 Å². The Kier molecular flexibility index (Phi) is 2.30. The molecule has 0 bridgehead atoms. The molecule has 0 radical (unpaired) electrons. The normalized spacial score (nSPS) is 17.0. The maximum Gasteiger partial charge on any atom is 0.419 e. The number of aromatic nitrogens is 1. The molecule has 2 amide bonds. The van der Waals surface area contributed by atoms with E-state index < -0.39 is 12.0 Å². The molecule has 1 saturated heterocycles. The summed E-state index contributed by atoms with van der Waals surface area (Å²) in [4.78, 5) is 26.5. The maximum absolute atomic E-state index is 11.4. The zero-order chi connectivity index (χ0) is 12.5. The molecule has 88 valence electrons. The molecule has 3 rings (SSSR count). The molecule has 2 heterocycles. The molecule has 1 fully saturated rings. The number of amides is 2. The van der Waals surface area contributed by atoms with Gasteiger partial charge in [0.2, 0.25) is 0 Å². The number of nitrogens with one attached hydrogen (secondary N) is 1. The molecular weight excluding hydrogens is 232 g/mol. The lowest BCUT2D eigenvalue weighted by Crippen LogP contribution is -2.18. The van der Waals surface area contributed by atoms with E-state index in [1.54, 1.807) is 12.3 Å². The van der Waals surface area contributed by atoms with Crippen molar-refractivity contribution in [1.82, 2.24) is 10.3 Å². The Morgan fingerprint density at radius 1 is 1.17 bits per heavy atom. The number of rotatable bonds is 1. The van der Waals surface area contributed by atoms with Crippen LogP contribution in [0.1, 0.15) is 5.56 Å². The van der Waals surface area contributed by atoms with Gasteiger partial charge in [0.15, 0.2) is 5.76 Å². The minimum atomic E-state index is -0.746. The van der Waals surface area contributed by atoms with Gasteiger partial charge in [-0.05, 0) is 23.8 Å². The first-order valence-corrected chi connectivity index (χ1v) is 5.33. The van der Waals surface area contributed by atoms with E-state index >= 15 is 0 Å². The summed E-state index contributed by atoms with van der Waals surface area (Å²) >= 11 is 0. The van der Waals surface area contributed by atoms with Crippen molar-refractivity contribution in [3.63, 3.8) is 0 Å². The maximum atomic E-state index is 11.4. The fraction of sp³-hybridized carbons (Fsp3) is 0. The Morgan fingerprint density at radius 3 is 2.78 bits per heavy atom. The Labute approximate surface area is 102 Å². The lowest BCUT2D eigenvalue weighted by molar-refractivity contribution is -0.116. The SMILES string of the molecule is O=C1NC(=O)/C(=C/c2ccnc3ccccc23)O1. The van der Waals surface area contributed by atoms with Crippen LogP contribution < -0.4 is 5.32 Å². The summed E-state index contributed by atoms with van der Waals surface area (Å²) in [6.45, 7) is 0. The van der Waals surface area contributed by atoms with Crippen molar-refractivity contribution in [3.8, 4) is 0 Å². The molecule has 0 atom stereocenters. The lowest BCUT2D eigenvalue weighted by Gasteiger charge is -2.01. The number of para-hydroxylation sites is 1. The van der Waals surface area contributed by atoms with Crippen molar-refractivity contribution < 1.29 is 14.3 Å². The van der Waals surface area contributed by atoms with Crippen LogP contribution in [0.25, 0.3) is 17.0 Å². The molecule has 1 aliphatic rings. The zero-order valence-electron chi connectivity index (χ0n) is 9.21. The van der Waals surface area contributed by atoms with Crippen LogP contribution in [0.5, 0.6) is 0 Å². The summed E-state index contributed by atoms with van der Waals surface area (Å²) < 4.78 is 4.77. The predicted octanol–water partition coefficient (Wildman–Crippen LogP) is 1.84. The zero-order valence-corrected chi connectivity index (χ0v) is 9.21. The standard InChI is InChI=1S/C13H8N2O3/c16-12-11(18-13(17)15-12)7-8-5-6-14-10-4-2-1-3-9(8)10/h1-7H,(H,15,16,17)/b11-7-. The number of benzene rings is 1. The fourth-order valence-corrected chi connectivity index (χ4v) is 1.81. The molecule has 5 nitrogen and oxygen atoms in total. The third kappa shape index (κ3) is 1.71. The van der Waals surface area contributed by atoms with Gasteiger partial charge in [0, 0.05) is 11.6 Å². The molecule has 1 aliphatic heterocycles. The summed E-state index contributed by atoms with van der Waals surface area (Å²) in [7, 11) is 0. The predicted molar refractivity (Wildman–Crippen MR) is 64.3 cm³/mol. The number of pyridine rings is 1. The number of cyclic esters (lactones) is 1. The average molecular weight is 240 g/mol. The average Bonchev–Trinajstić information content (AvgIpc) is 2.68. The van der Waals surface area contributed by atoms with Crippen molar-refractivity contribution >= 4 is 29.0 Å². The summed E-state index contributed by atoms with van der Waals surface area (Å²) in [6, 6.07) is 9.29. The molecule has 5 heteroatoms. The van der Waals surface area contributed by atoms with Gasteiger partial charge in [0.05, 0.1) is 5.52 Å². The second-order valence-corrected chi connectivity index (χ2v) is 3.77. The lowest BCUT2D eigenvalue weighted by atomic mass is 10.1. The molecule has 1 aromatic carbocycles. The number of nitrogens with zero attached hydrogens (tertiary/aromatic N) is 1. The minimum Gasteiger partial charge on any atom is -0.404 e. The van der Waals surface area contributed by atoms with Gasteiger partial charge in [-0.15, -0.1) is 0 Å². The monoisotopic (exact) mass is 240 g/mol. The van der Waals surface area contributed by atoms with E-state index in [9.17, 15) is 9.59 Å². The molecule has 0 saturated carbocycles. The Balaban J connectivity index is 2.13. The number of fused-ring (bicyclic) bond motifs is 1. The van der Waals surface area contributed by atoms with Gasteiger partial charge in [-0.2, -0.15) is 0 Å². The van der Waals surface area contributed by atoms with Crippen LogP contribution in [0.4, 0.5) is 4.79 Å². The Hall–Kier alpha value is -2.69. The summed E-state index contributed by atoms with van der Waals surface area (Å²) in [5, 5.41) is 2.94. The molecule has 0 aliphatic carbocycles. The highest BCUT2D eigenvalue weighted by Gasteiger charge is 2.26. The number of hydrogen-bond acceptors (Lipinski definition) is 4. The van der Waals surface area contributed by atoms with Crippen molar-refractivity contribution in [2.24, 2.45) is 0 Å². The van der Waals surface area contributed by atoms with Crippen molar-refractivity contribution in [2.75, 3.05) is 0 Å². The fourth-order valence-electron chi connectivity index (χ4n) is 1.81. The minimum absolute atomic E-state index is 0.00338. The first kappa shape index (κ1) is 10.5. The van der Waals surface area contributed by atoms with Gasteiger partial charge >= 0.3 is 6.09 Å². The van der Waals surface area contributed by atoms with Crippen LogP contribution >= 0.6 is 0 Å². The first-order chi connectivity index (χ1) is 8.74. The summed E-state index contributed by atoms with van der Waals surface area (Å²) in [5.41, 5.74) is 1.59. The van der Waals surface area contributed by atoms with Gasteiger partial charge in [-0.3, -0.25) is 15.1 Å². The number of carbonyl (C=O) groups excluding carboxylic acids is 2. The molecule has 1 N–H and O–H groups in total.